The second-order valence-electron chi connectivity index (χ2n) is 5.80. The van der Waals surface area contributed by atoms with Crippen molar-refractivity contribution in [2.45, 2.75) is 31.0 Å². The Morgan fingerprint density at radius 1 is 1.07 bits per heavy atom. The van der Waals surface area contributed by atoms with Crippen LogP contribution in [-0.2, 0) is 15.8 Å². The monoisotopic (exact) mass is 445 g/mol. The van der Waals surface area contributed by atoms with Gasteiger partial charge in [-0.3, -0.25) is 9.59 Å². The first-order valence-electron chi connectivity index (χ1n) is 8.51. The van der Waals surface area contributed by atoms with Crippen LogP contribution in [0.1, 0.15) is 30.1 Å². The average molecular weight is 445 g/mol. The molecule has 0 aliphatic carbocycles. The molecule has 1 N–H and O–H groups in total. The summed E-state index contributed by atoms with van der Waals surface area (Å²) in [4.78, 5) is 23.8. The van der Waals surface area contributed by atoms with Crippen molar-refractivity contribution in [3.05, 3.63) is 54.1 Å². The van der Waals surface area contributed by atoms with Crippen molar-refractivity contribution in [2.75, 3.05) is 10.5 Å². The summed E-state index contributed by atoms with van der Waals surface area (Å²) in [6, 6.07) is 10.9. The maximum atomic E-state index is 12.3. The van der Waals surface area contributed by atoms with E-state index in [1.807, 2.05) is 6.92 Å². The molecule has 0 fully saturated rings. The average Bonchev–Trinajstić information content (AvgIpc) is 2.66. The lowest BCUT2D eigenvalue weighted by Crippen LogP contribution is -2.17. The maximum absolute atomic E-state index is 12.3. The molecule has 0 amide bonds. The van der Waals surface area contributed by atoms with Gasteiger partial charge in [-0.1, -0.05) is 18.7 Å². The first-order chi connectivity index (χ1) is 13.7. The van der Waals surface area contributed by atoms with Crippen LogP contribution >= 0.6 is 11.8 Å². The van der Waals surface area contributed by atoms with Crippen LogP contribution < -0.4 is 9.46 Å². The fraction of sp³-hybridized carbons (Fsp3) is 0.263. The molecule has 0 aromatic heterocycles. The van der Waals surface area contributed by atoms with E-state index in [0.717, 1.165) is 30.3 Å². The smallest absolute Gasteiger partial charge is 0.406 e. The number of halogens is 3. The molecule has 0 aliphatic rings. The zero-order valence-corrected chi connectivity index (χ0v) is 17.0. The lowest BCUT2D eigenvalue weighted by molar-refractivity contribution is -0.274. The highest BCUT2D eigenvalue weighted by Crippen LogP contribution is 2.24. The van der Waals surface area contributed by atoms with Gasteiger partial charge in [-0.15, -0.1) is 13.2 Å². The predicted molar refractivity (Wildman–Crippen MR) is 106 cm³/mol. The molecule has 0 saturated carbocycles. The number of alkyl halides is 3. The summed E-state index contributed by atoms with van der Waals surface area (Å²) in [5.74, 6) is -0.534. The standard InChI is InChI=1S/C19H18F3NO4S2/c1-2-3-18(25)28-12-17(24)13-4-6-14(7-5-13)23-29(26)16-10-8-15(9-11-16)27-19(20,21)22/h4-11,23H,2-3,12H2,1H3. The normalized spacial score (nSPS) is 12.3. The first kappa shape index (κ1) is 23.0. The highest BCUT2D eigenvalue weighted by atomic mass is 32.2. The summed E-state index contributed by atoms with van der Waals surface area (Å²) in [6.07, 6.45) is -3.63. The van der Waals surface area contributed by atoms with Crippen LogP contribution in [0.2, 0.25) is 0 Å². The molecular weight excluding hydrogens is 427 g/mol. The predicted octanol–water partition coefficient (Wildman–Crippen LogP) is 4.96. The Morgan fingerprint density at radius 3 is 2.24 bits per heavy atom. The van der Waals surface area contributed by atoms with Crippen LogP contribution in [-0.4, -0.2) is 27.2 Å². The molecule has 10 heteroatoms. The second kappa shape index (κ2) is 10.4. The highest BCUT2D eigenvalue weighted by Gasteiger charge is 2.31. The van der Waals surface area contributed by atoms with Crippen LogP contribution in [0.4, 0.5) is 18.9 Å². The molecule has 0 radical (unpaired) electrons. The van der Waals surface area contributed by atoms with E-state index in [4.69, 9.17) is 0 Å². The van der Waals surface area contributed by atoms with Crippen LogP contribution in [0.3, 0.4) is 0 Å². The molecule has 156 valence electrons. The number of hydrogen-bond acceptors (Lipinski definition) is 5. The van der Waals surface area contributed by atoms with Gasteiger partial charge in [0.05, 0.1) is 10.6 Å². The fourth-order valence-electron chi connectivity index (χ4n) is 2.16. The summed E-state index contributed by atoms with van der Waals surface area (Å²) < 4.78 is 55.2. The number of carbonyl (C=O) groups excluding carboxylic acids is 2. The van der Waals surface area contributed by atoms with Gasteiger partial charge in [0.25, 0.3) is 0 Å². The number of ketones is 1. The first-order valence-corrected chi connectivity index (χ1v) is 10.6. The summed E-state index contributed by atoms with van der Waals surface area (Å²) in [5.41, 5.74) is 0.886. The SMILES string of the molecule is CCCC(=O)SCC(=O)c1ccc(NS(=O)c2ccc(OC(F)(F)F)cc2)cc1. The third kappa shape index (κ3) is 7.90. The van der Waals surface area contributed by atoms with Crippen LogP contribution in [0, 0.1) is 0 Å². The molecule has 0 bridgehead atoms. The minimum atomic E-state index is -4.79. The Labute approximate surface area is 172 Å². The molecule has 1 atom stereocenters. The summed E-state index contributed by atoms with van der Waals surface area (Å²) in [5, 5.41) is -0.0267. The van der Waals surface area contributed by atoms with E-state index in [1.165, 1.54) is 12.1 Å². The molecule has 2 rings (SSSR count). The van der Waals surface area contributed by atoms with Gasteiger partial charge in [0.2, 0.25) is 0 Å². The molecule has 0 saturated heterocycles. The van der Waals surface area contributed by atoms with Gasteiger partial charge in [0, 0.05) is 17.7 Å². The topological polar surface area (TPSA) is 72.5 Å². The number of hydrogen-bond donors (Lipinski definition) is 1. The van der Waals surface area contributed by atoms with E-state index < -0.39 is 23.1 Å². The number of nitrogens with one attached hydrogen (secondary N) is 1. The molecule has 2 aromatic carbocycles. The Balaban J connectivity index is 1.92. The van der Waals surface area contributed by atoms with Crippen molar-refractivity contribution in [3.8, 4) is 5.75 Å². The van der Waals surface area contributed by atoms with Crippen molar-refractivity contribution >= 4 is 39.3 Å². The van der Waals surface area contributed by atoms with Crippen LogP contribution in [0.5, 0.6) is 5.75 Å². The van der Waals surface area contributed by atoms with Gasteiger partial charge < -0.3 is 9.46 Å². The molecule has 0 spiro atoms. The molecule has 5 nitrogen and oxygen atoms in total. The zero-order valence-electron chi connectivity index (χ0n) is 15.3. The number of rotatable bonds is 9. The molecule has 0 aliphatic heterocycles. The maximum Gasteiger partial charge on any atom is 0.573 e. The third-order valence-electron chi connectivity index (χ3n) is 3.51. The Hall–Kier alpha value is -2.33. The number of Topliss-reactive ketones (excluding diaryl/α,β-unsaturated/α-hetero) is 1. The number of thioether (sulfide) groups is 1. The van der Waals surface area contributed by atoms with Gasteiger partial charge in [-0.25, -0.2) is 4.21 Å². The van der Waals surface area contributed by atoms with Crippen molar-refractivity contribution in [2.24, 2.45) is 0 Å². The summed E-state index contributed by atoms with van der Waals surface area (Å²) >= 11 is 0.987. The van der Waals surface area contributed by atoms with Gasteiger partial charge in [0.15, 0.2) is 10.9 Å². The van der Waals surface area contributed by atoms with Gasteiger partial charge in [-0.05, 0) is 55.0 Å². The third-order valence-corrected chi connectivity index (χ3v) is 5.56. The van der Waals surface area contributed by atoms with Gasteiger partial charge in [-0.2, -0.15) is 0 Å². The zero-order chi connectivity index (χ0) is 21.4. The van der Waals surface area contributed by atoms with E-state index in [2.05, 4.69) is 9.46 Å². The van der Waals surface area contributed by atoms with Crippen molar-refractivity contribution < 1.29 is 31.7 Å². The number of ether oxygens (including phenoxy) is 1. The van der Waals surface area contributed by atoms with E-state index in [9.17, 15) is 27.0 Å². The number of carbonyl (C=O) groups is 2. The van der Waals surface area contributed by atoms with E-state index in [1.54, 1.807) is 24.3 Å². The Morgan fingerprint density at radius 2 is 1.69 bits per heavy atom. The minimum Gasteiger partial charge on any atom is -0.406 e. The summed E-state index contributed by atoms with van der Waals surface area (Å²) in [6.45, 7) is 1.89. The van der Waals surface area contributed by atoms with Crippen molar-refractivity contribution in [1.29, 1.82) is 0 Å². The number of benzene rings is 2. The Kier molecular flexibility index (Phi) is 8.27. The number of anilines is 1. The minimum absolute atomic E-state index is 0.0267. The van der Waals surface area contributed by atoms with E-state index in [0.29, 0.717) is 17.7 Å². The van der Waals surface area contributed by atoms with E-state index >= 15 is 0 Å². The quantitative estimate of drug-likeness (QED) is 0.552. The molecule has 2 aromatic rings. The van der Waals surface area contributed by atoms with Gasteiger partial charge in [0.1, 0.15) is 16.7 Å². The molecule has 29 heavy (non-hydrogen) atoms. The Bertz CT molecular complexity index is 869. The molecular formula is C19H18F3NO4S2. The fourth-order valence-corrected chi connectivity index (χ4v) is 3.82. The van der Waals surface area contributed by atoms with Crippen molar-refractivity contribution in [3.63, 3.8) is 0 Å². The molecule has 0 heterocycles. The van der Waals surface area contributed by atoms with E-state index in [-0.39, 0.29) is 21.5 Å². The largest absolute Gasteiger partial charge is 0.573 e. The highest BCUT2D eigenvalue weighted by molar-refractivity contribution is 8.14. The summed E-state index contributed by atoms with van der Waals surface area (Å²) in [7, 11) is -1.72. The lowest BCUT2D eigenvalue weighted by Gasteiger charge is -2.10. The van der Waals surface area contributed by atoms with Crippen LogP contribution in [0.25, 0.3) is 0 Å². The second-order valence-corrected chi connectivity index (χ2v) is 8.05. The molecule has 1 unspecified atom stereocenters. The lowest BCUT2D eigenvalue weighted by atomic mass is 10.1. The van der Waals surface area contributed by atoms with Crippen LogP contribution in [0.15, 0.2) is 53.4 Å². The van der Waals surface area contributed by atoms with Gasteiger partial charge >= 0.3 is 6.36 Å². The van der Waals surface area contributed by atoms with Crippen molar-refractivity contribution in [1.82, 2.24) is 0 Å².